The number of oxime groups is 1. The minimum atomic E-state index is -1.14. The summed E-state index contributed by atoms with van der Waals surface area (Å²) in [5.74, 6) is -2.76. The van der Waals surface area contributed by atoms with Crippen LogP contribution >= 0.6 is 35.1 Å². The number of rotatable bonds is 8. The van der Waals surface area contributed by atoms with Crippen LogP contribution in [0.3, 0.4) is 0 Å². The largest absolute Gasteiger partial charge is 0.480 e. The summed E-state index contributed by atoms with van der Waals surface area (Å²) in [6.45, 7) is 6.53. The predicted octanol–water partition coefficient (Wildman–Crippen LogP) is 0.158. The van der Waals surface area contributed by atoms with E-state index in [-0.39, 0.29) is 29.0 Å². The van der Waals surface area contributed by atoms with E-state index in [1.807, 2.05) is 0 Å². The van der Waals surface area contributed by atoms with Crippen LogP contribution in [0.15, 0.2) is 5.16 Å². The number of nitrogens with two attached hydrogens (primary N) is 1. The topological polar surface area (TPSA) is 186 Å². The standard InChI is InChI=1S/C19H26N6O7S3/c1-8(15(28)31-18(2,3)4)32-23-9(11-22-17(20)35-24-11)12(26)21-10-13(27)25-6-19(33-5,16(29)30)7-34-14(10)25/h8,10,14H,6-7H2,1-5H3,(H,21,26)(H,29,30)(H2,20,22,24)/t8?,10?,14-,19?/m1/s1. The van der Waals surface area contributed by atoms with Crippen LogP contribution in [-0.4, -0.2) is 95.2 Å². The monoisotopic (exact) mass is 546 g/mol. The molecule has 2 fully saturated rings. The fourth-order valence-corrected chi connectivity index (χ4v) is 6.12. The molecule has 2 saturated heterocycles. The van der Waals surface area contributed by atoms with Gasteiger partial charge in [-0.25, -0.2) is 4.79 Å². The van der Waals surface area contributed by atoms with Crippen molar-refractivity contribution >= 4 is 69.7 Å². The predicted molar refractivity (Wildman–Crippen MR) is 131 cm³/mol. The average molecular weight is 547 g/mol. The van der Waals surface area contributed by atoms with Gasteiger partial charge in [-0.1, -0.05) is 5.16 Å². The first-order valence-electron chi connectivity index (χ1n) is 10.4. The van der Waals surface area contributed by atoms with Gasteiger partial charge in [-0.3, -0.25) is 14.4 Å². The number of thioether (sulfide) groups is 2. The quantitative estimate of drug-likeness (QED) is 0.174. The Labute approximate surface area is 213 Å². The molecule has 192 valence electrons. The van der Waals surface area contributed by atoms with Gasteiger partial charge in [0, 0.05) is 23.8 Å². The van der Waals surface area contributed by atoms with Gasteiger partial charge in [0.05, 0.1) is 0 Å². The molecule has 4 N–H and O–H groups in total. The normalized spacial score (nSPS) is 25.2. The molecule has 0 aromatic carbocycles. The lowest BCUT2D eigenvalue weighted by Crippen LogP contribution is -2.74. The number of anilines is 1. The number of esters is 1. The number of β-lactam (4-membered cyclic amide) rings is 1. The van der Waals surface area contributed by atoms with Crippen LogP contribution in [0.25, 0.3) is 0 Å². The number of aromatic nitrogens is 2. The summed E-state index contributed by atoms with van der Waals surface area (Å²) in [4.78, 5) is 60.2. The van der Waals surface area contributed by atoms with Crippen LogP contribution in [0.4, 0.5) is 5.13 Å². The molecule has 0 saturated carbocycles. The first-order valence-corrected chi connectivity index (χ1v) is 13.4. The molecule has 0 spiro atoms. The molecule has 16 heteroatoms. The Kier molecular flexibility index (Phi) is 7.86. The minimum Gasteiger partial charge on any atom is -0.480 e. The van der Waals surface area contributed by atoms with Crippen molar-refractivity contribution in [3.63, 3.8) is 0 Å². The zero-order valence-electron chi connectivity index (χ0n) is 19.6. The van der Waals surface area contributed by atoms with Gasteiger partial charge in [0.25, 0.3) is 5.91 Å². The van der Waals surface area contributed by atoms with Crippen LogP contribution in [0.5, 0.6) is 0 Å². The highest BCUT2D eigenvalue weighted by Gasteiger charge is 2.57. The third-order valence-corrected chi connectivity index (χ3v) is 8.51. The summed E-state index contributed by atoms with van der Waals surface area (Å²) in [6, 6.07) is -0.898. The van der Waals surface area contributed by atoms with Gasteiger partial charge < -0.3 is 30.6 Å². The molecule has 0 bridgehead atoms. The first kappa shape index (κ1) is 27.0. The number of carboxylic acid groups (broad SMARTS) is 1. The molecule has 2 aliphatic rings. The molecule has 3 rings (SSSR count). The molecule has 2 amide bonds. The highest BCUT2D eigenvalue weighted by molar-refractivity contribution is 8.04. The van der Waals surface area contributed by atoms with E-state index in [1.54, 1.807) is 27.0 Å². The van der Waals surface area contributed by atoms with Gasteiger partial charge in [0.2, 0.25) is 23.5 Å². The summed E-state index contributed by atoms with van der Waals surface area (Å²) < 4.78 is 8.09. The Morgan fingerprint density at radius 3 is 2.63 bits per heavy atom. The molecule has 2 aliphatic heterocycles. The number of hydrogen-bond acceptors (Lipinski definition) is 13. The van der Waals surface area contributed by atoms with Crippen LogP contribution in [0.1, 0.15) is 33.5 Å². The molecule has 1 aromatic heterocycles. The molecule has 0 aliphatic carbocycles. The number of carbonyl (C=O) groups excluding carboxylic acids is 3. The van der Waals surface area contributed by atoms with Crippen molar-refractivity contribution in [1.29, 1.82) is 0 Å². The number of nitrogens with zero attached hydrogens (tertiary/aromatic N) is 4. The van der Waals surface area contributed by atoms with Gasteiger partial charge in [0.15, 0.2) is 5.13 Å². The Morgan fingerprint density at radius 1 is 1.40 bits per heavy atom. The Morgan fingerprint density at radius 2 is 2.09 bits per heavy atom. The van der Waals surface area contributed by atoms with Crippen molar-refractivity contribution < 1.29 is 33.9 Å². The Bertz CT molecular complexity index is 1060. The number of aliphatic carboxylic acids is 1. The molecule has 13 nitrogen and oxygen atoms in total. The van der Waals surface area contributed by atoms with E-state index >= 15 is 0 Å². The van der Waals surface area contributed by atoms with Crippen LogP contribution in [-0.2, 0) is 28.8 Å². The molecular weight excluding hydrogens is 520 g/mol. The zero-order valence-corrected chi connectivity index (χ0v) is 22.1. The number of ether oxygens (including phenoxy) is 1. The van der Waals surface area contributed by atoms with Crippen molar-refractivity contribution in [2.45, 2.75) is 55.6 Å². The van der Waals surface area contributed by atoms with Gasteiger partial charge in [0.1, 0.15) is 21.8 Å². The first-order chi connectivity index (χ1) is 16.3. The van der Waals surface area contributed by atoms with Crippen molar-refractivity contribution in [3.8, 4) is 0 Å². The lowest BCUT2D eigenvalue weighted by Gasteiger charge is -2.53. The van der Waals surface area contributed by atoms with E-state index in [9.17, 15) is 24.3 Å². The van der Waals surface area contributed by atoms with Crippen molar-refractivity contribution in [3.05, 3.63) is 5.82 Å². The number of amides is 2. The van der Waals surface area contributed by atoms with Gasteiger partial charge in [-0.05, 0) is 34.0 Å². The second-order valence-electron chi connectivity index (χ2n) is 8.80. The van der Waals surface area contributed by atoms with Crippen molar-refractivity contribution in [2.75, 3.05) is 24.3 Å². The summed E-state index contributed by atoms with van der Waals surface area (Å²) in [7, 11) is 0. The van der Waals surface area contributed by atoms with Gasteiger partial charge in [-0.2, -0.15) is 9.36 Å². The summed E-state index contributed by atoms with van der Waals surface area (Å²) in [5.41, 5.74) is 4.52. The SMILES string of the molecule is CSC1(C(=O)O)CS[C@@H]2C(NC(=O)C(=NOC(C)C(=O)OC(C)(C)C)c3nsc(N)n3)C(=O)N2C1. The molecule has 0 radical (unpaired) electrons. The third kappa shape index (κ3) is 5.81. The molecule has 1 aromatic rings. The maximum Gasteiger partial charge on any atom is 0.350 e. The minimum absolute atomic E-state index is 0.0357. The van der Waals surface area contributed by atoms with Crippen molar-refractivity contribution in [1.82, 2.24) is 19.6 Å². The highest BCUT2D eigenvalue weighted by Crippen LogP contribution is 2.43. The fraction of sp³-hybridized carbons (Fsp3) is 0.632. The third-order valence-electron chi connectivity index (χ3n) is 5.03. The second kappa shape index (κ2) is 10.2. The van der Waals surface area contributed by atoms with E-state index in [4.69, 9.17) is 15.3 Å². The second-order valence-corrected chi connectivity index (χ2v) is 11.9. The highest BCUT2D eigenvalue weighted by atomic mass is 32.2. The van der Waals surface area contributed by atoms with E-state index in [2.05, 4.69) is 19.8 Å². The summed E-state index contributed by atoms with van der Waals surface area (Å²) in [6.07, 6.45) is 0.546. The maximum atomic E-state index is 13.0. The van der Waals surface area contributed by atoms with E-state index in [1.165, 1.54) is 35.3 Å². The average Bonchev–Trinajstić information content (AvgIpc) is 3.21. The fourth-order valence-electron chi connectivity index (χ4n) is 3.18. The van der Waals surface area contributed by atoms with Crippen LogP contribution in [0.2, 0.25) is 0 Å². The molecule has 4 atom stereocenters. The number of nitrogens with one attached hydrogen (secondary N) is 1. The smallest absolute Gasteiger partial charge is 0.350 e. The van der Waals surface area contributed by atoms with Gasteiger partial charge in [-0.15, -0.1) is 23.5 Å². The lowest BCUT2D eigenvalue weighted by atomic mass is 10.0. The van der Waals surface area contributed by atoms with Gasteiger partial charge >= 0.3 is 11.9 Å². The number of nitrogen functional groups attached to an aromatic ring is 1. The number of carboxylic acids is 1. The molecule has 3 unspecified atom stereocenters. The van der Waals surface area contributed by atoms with Crippen molar-refractivity contribution in [2.24, 2.45) is 5.16 Å². The lowest BCUT2D eigenvalue weighted by molar-refractivity contribution is -0.167. The maximum absolute atomic E-state index is 13.0. The van der Waals surface area contributed by atoms with E-state index in [0.717, 1.165) is 11.5 Å². The Balaban J connectivity index is 1.73. The molecule has 3 heterocycles. The molecular formula is C19H26N6O7S3. The van der Waals surface area contributed by atoms with E-state index in [0.29, 0.717) is 0 Å². The number of fused-ring (bicyclic) bond motifs is 1. The summed E-state index contributed by atoms with van der Waals surface area (Å²) in [5, 5.41) is 15.6. The van der Waals surface area contributed by atoms with E-state index < -0.39 is 51.6 Å². The summed E-state index contributed by atoms with van der Waals surface area (Å²) >= 11 is 3.28. The number of hydrogen-bond donors (Lipinski definition) is 3. The van der Waals surface area contributed by atoms with Crippen LogP contribution in [0, 0.1) is 0 Å². The number of carbonyl (C=O) groups is 4. The Hall–Kier alpha value is -2.59. The zero-order chi connectivity index (χ0) is 26.1. The molecule has 35 heavy (non-hydrogen) atoms. The van der Waals surface area contributed by atoms with Crippen LogP contribution < -0.4 is 11.1 Å².